The topological polar surface area (TPSA) is 40.5 Å². The zero-order chi connectivity index (χ0) is 12.3. The van der Waals surface area contributed by atoms with E-state index < -0.39 is 0 Å². The first-order chi connectivity index (χ1) is 8.16. The molecule has 2 aromatic rings. The Kier molecular flexibility index (Phi) is 3.15. The first kappa shape index (κ1) is 11.3. The molecule has 17 heavy (non-hydrogen) atoms. The van der Waals surface area contributed by atoms with Crippen LogP contribution in [0.5, 0.6) is 11.5 Å². The molecule has 0 aromatic heterocycles. The van der Waals surface area contributed by atoms with Crippen molar-refractivity contribution in [1.82, 2.24) is 0 Å². The second-order valence-corrected chi connectivity index (χ2v) is 3.93. The van der Waals surface area contributed by atoms with Crippen molar-refractivity contribution in [3.63, 3.8) is 0 Å². The molecule has 0 fully saturated rings. The Bertz CT molecular complexity index is 519. The summed E-state index contributed by atoms with van der Waals surface area (Å²) >= 11 is 0. The quantitative estimate of drug-likeness (QED) is 0.768. The fraction of sp³-hybridized carbons (Fsp3) is 0.0667. The zero-order valence-electron chi connectivity index (χ0n) is 9.59. The highest BCUT2D eigenvalue weighted by molar-refractivity contribution is 5.71. The van der Waals surface area contributed by atoms with Gasteiger partial charge in [0, 0.05) is 5.56 Å². The Hall–Kier alpha value is -2.22. The minimum absolute atomic E-state index is 0.109. The molecule has 0 unspecified atom stereocenters. The van der Waals surface area contributed by atoms with Crippen molar-refractivity contribution in [3.8, 4) is 11.5 Å². The first-order valence-corrected chi connectivity index (χ1v) is 5.42. The van der Waals surface area contributed by atoms with E-state index in [1.54, 1.807) is 19.1 Å². The van der Waals surface area contributed by atoms with E-state index >= 15 is 0 Å². The Labute approximate surface area is 100 Å². The first-order valence-electron chi connectivity index (χ1n) is 5.42. The van der Waals surface area contributed by atoms with Gasteiger partial charge in [-0.1, -0.05) is 42.5 Å². The summed E-state index contributed by atoms with van der Waals surface area (Å²) in [7, 11) is 0. The van der Waals surface area contributed by atoms with Crippen molar-refractivity contribution in [2.24, 2.45) is 0 Å². The van der Waals surface area contributed by atoms with E-state index in [1.165, 1.54) is 0 Å². The number of phenolic OH excluding ortho intramolecular Hbond substituents is 2. The van der Waals surface area contributed by atoms with E-state index in [1.807, 2.05) is 42.5 Å². The summed E-state index contributed by atoms with van der Waals surface area (Å²) in [6.45, 7) is 1.68. The Morgan fingerprint density at radius 2 is 1.35 bits per heavy atom. The number of aromatic hydroxyl groups is 2. The molecule has 0 aliphatic carbocycles. The van der Waals surface area contributed by atoms with E-state index in [0.717, 1.165) is 11.1 Å². The summed E-state index contributed by atoms with van der Waals surface area (Å²) in [5, 5.41) is 19.2. The van der Waals surface area contributed by atoms with Crippen LogP contribution >= 0.6 is 0 Å². The van der Waals surface area contributed by atoms with Gasteiger partial charge in [-0.05, 0) is 30.2 Å². The third-order valence-corrected chi connectivity index (χ3v) is 2.64. The van der Waals surface area contributed by atoms with Gasteiger partial charge in [0.2, 0.25) is 0 Å². The summed E-state index contributed by atoms with van der Waals surface area (Å²) < 4.78 is 0. The molecule has 0 atom stereocenters. The summed E-state index contributed by atoms with van der Waals surface area (Å²) in [5.41, 5.74) is 2.35. The number of rotatable bonds is 2. The summed E-state index contributed by atoms with van der Waals surface area (Å²) in [6, 6.07) is 13.1. The maximum Gasteiger partial charge on any atom is 0.122 e. The molecule has 2 rings (SSSR count). The van der Waals surface area contributed by atoms with Crippen molar-refractivity contribution in [2.45, 2.75) is 6.92 Å². The lowest BCUT2D eigenvalue weighted by Gasteiger charge is -2.03. The average Bonchev–Trinajstić information content (AvgIpc) is 2.34. The van der Waals surface area contributed by atoms with Crippen LogP contribution in [0.25, 0.3) is 12.2 Å². The van der Waals surface area contributed by atoms with Gasteiger partial charge in [-0.3, -0.25) is 0 Å². The number of hydrogen-bond acceptors (Lipinski definition) is 2. The van der Waals surface area contributed by atoms with Gasteiger partial charge in [-0.2, -0.15) is 0 Å². The van der Waals surface area contributed by atoms with Gasteiger partial charge in [0.05, 0.1) is 0 Å². The molecule has 0 saturated carbocycles. The lowest BCUT2D eigenvalue weighted by atomic mass is 10.1. The van der Waals surface area contributed by atoms with Gasteiger partial charge >= 0.3 is 0 Å². The molecule has 0 bridgehead atoms. The van der Waals surface area contributed by atoms with Gasteiger partial charge in [0.25, 0.3) is 0 Å². The predicted octanol–water partition coefficient (Wildman–Crippen LogP) is 3.58. The van der Waals surface area contributed by atoms with E-state index in [0.29, 0.717) is 5.56 Å². The van der Waals surface area contributed by atoms with Gasteiger partial charge in [-0.25, -0.2) is 0 Å². The molecular weight excluding hydrogens is 212 g/mol. The van der Waals surface area contributed by atoms with Gasteiger partial charge in [-0.15, -0.1) is 0 Å². The molecular formula is C15H14O2. The van der Waals surface area contributed by atoms with Crippen LogP contribution in [0.1, 0.15) is 16.7 Å². The molecule has 0 aliphatic rings. The van der Waals surface area contributed by atoms with Crippen molar-refractivity contribution in [1.29, 1.82) is 0 Å². The minimum Gasteiger partial charge on any atom is -0.508 e. The van der Waals surface area contributed by atoms with Crippen LogP contribution in [0, 0.1) is 6.92 Å². The van der Waals surface area contributed by atoms with Crippen LogP contribution in [-0.4, -0.2) is 10.2 Å². The average molecular weight is 226 g/mol. The largest absolute Gasteiger partial charge is 0.508 e. The van der Waals surface area contributed by atoms with Crippen LogP contribution < -0.4 is 0 Å². The normalized spacial score (nSPS) is 10.9. The van der Waals surface area contributed by atoms with Crippen LogP contribution in [0.3, 0.4) is 0 Å². The molecule has 0 amide bonds. The highest BCUT2D eigenvalue weighted by Crippen LogP contribution is 2.28. The smallest absolute Gasteiger partial charge is 0.122 e. The molecule has 0 radical (unpaired) electrons. The Morgan fingerprint density at radius 1 is 0.824 bits per heavy atom. The molecule has 2 N–H and O–H groups in total. The van der Waals surface area contributed by atoms with Crippen molar-refractivity contribution >= 4 is 12.2 Å². The molecule has 0 spiro atoms. The fourth-order valence-electron chi connectivity index (χ4n) is 1.56. The monoisotopic (exact) mass is 226 g/mol. The number of phenols is 2. The minimum atomic E-state index is 0.109. The summed E-state index contributed by atoms with van der Waals surface area (Å²) in [4.78, 5) is 0. The van der Waals surface area contributed by atoms with Gasteiger partial charge < -0.3 is 10.2 Å². The standard InChI is InChI=1S/C15H14O2/c1-11-14(16)9-13(10-15(11)17)8-7-12-5-3-2-4-6-12/h2-10,16-17H,1H3/b8-7+. The lowest BCUT2D eigenvalue weighted by Crippen LogP contribution is -1.79. The highest BCUT2D eigenvalue weighted by Gasteiger charge is 2.02. The molecule has 2 heteroatoms. The molecule has 2 nitrogen and oxygen atoms in total. The van der Waals surface area contributed by atoms with E-state index in [-0.39, 0.29) is 11.5 Å². The molecule has 0 heterocycles. The molecule has 0 saturated heterocycles. The number of benzene rings is 2. The van der Waals surface area contributed by atoms with Crippen molar-refractivity contribution < 1.29 is 10.2 Å². The zero-order valence-corrected chi connectivity index (χ0v) is 9.59. The highest BCUT2D eigenvalue weighted by atomic mass is 16.3. The number of hydrogen-bond donors (Lipinski definition) is 2. The van der Waals surface area contributed by atoms with Crippen LogP contribution in [0.15, 0.2) is 42.5 Å². The van der Waals surface area contributed by atoms with E-state index in [9.17, 15) is 10.2 Å². The molecule has 2 aromatic carbocycles. The van der Waals surface area contributed by atoms with E-state index in [2.05, 4.69) is 0 Å². The summed E-state index contributed by atoms with van der Waals surface area (Å²) in [5.74, 6) is 0.218. The van der Waals surface area contributed by atoms with Gasteiger partial charge in [0.15, 0.2) is 0 Å². The second kappa shape index (κ2) is 4.74. The molecule has 86 valence electrons. The Balaban J connectivity index is 2.28. The Morgan fingerprint density at radius 3 is 1.94 bits per heavy atom. The van der Waals surface area contributed by atoms with Crippen LogP contribution in [-0.2, 0) is 0 Å². The van der Waals surface area contributed by atoms with Crippen LogP contribution in [0.4, 0.5) is 0 Å². The fourth-order valence-corrected chi connectivity index (χ4v) is 1.56. The van der Waals surface area contributed by atoms with Crippen molar-refractivity contribution in [2.75, 3.05) is 0 Å². The lowest BCUT2D eigenvalue weighted by molar-refractivity contribution is 0.443. The maximum atomic E-state index is 9.58. The third kappa shape index (κ3) is 2.67. The van der Waals surface area contributed by atoms with Crippen LogP contribution in [0.2, 0.25) is 0 Å². The van der Waals surface area contributed by atoms with E-state index in [4.69, 9.17) is 0 Å². The predicted molar refractivity (Wildman–Crippen MR) is 69.9 cm³/mol. The van der Waals surface area contributed by atoms with Gasteiger partial charge in [0.1, 0.15) is 11.5 Å². The maximum absolute atomic E-state index is 9.58. The second-order valence-electron chi connectivity index (χ2n) is 3.93. The van der Waals surface area contributed by atoms with Crippen molar-refractivity contribution in [3.05, 3.63) is 59.2 Å². The third-order valence-electron chi connectivity index (χ3n) is 2.64. The molecule has 0 aliphatic heterocycles. The SMILES string of the molecule is Cc1c(O)cc(/C=C/c2ccccc2)cc1O. The summed E-state index contributed by atoms with van der Waals surface area (Å²) in [6.07, 6.45) is 3.79.